The zero-order valence-corrected chi connectivity index (χ0v) is 11.8. The van der Waals surface area contributed by atoms with Gasteiger partial charge in [0.25, 0.3) is 0 Å². The molecule has 4 nitrogen and oxygen atoms in total. The fourth-order valence-electron chi connectivity index (χ4n) is 2.57. The summed E-state index contributed by atoms with van der Waals surface area (Å²) in [5, 5.41) is 0. The number of nitrogens with two attached hydrogens (primary N) is 1. The Morgan fingerprint density at radius 2 is 2.05 bits per heavy atom. The Kier molecular flexibility index (Phi) is 3.14. The van der Waals surface area contributed by atoms with Crippen molar-refractivity contribution in [2.24, 2.45) is 0 Å². The molecule has 0 amide bonds. The van der Waals surface area contributed by atoms with Crippen molar-refractivity contribution in [1.82, 2.24) is 14.5 Å². The van der Waals surface area contributed by atoms with Gasteiger partial charge in [0.15, 0.2) is 0 Å². The Bertz CT molecular complexity index is 758. The molecule has 3 rings (SSSR count). The first-order valence-electron chi connectivity index (χ1n) is 6.84. The molecule has 0 spiro atoms. The topological polar surface area (TPSA) is 56.7 Å². The summed E-state index contributed by atoms with van der Waals surface area (Å²) in [4.78, 5) is 9.17. The number of fused-ring (bicyclic) bond motifs is 1. The van der Waals surface area contributed by atoms with Gasteiger partial charge in [-0.15, -0.1) is 0 Å². The van der Waals surface area contributed by atoms with Gasteiger partial charge in [0.2, 0.25) is 0 Å². The Balaban J connectivity index is 2.06. The van der Waals surface area contributed by atoms with Gasteiger partial charge in [0.1, 0.15) is 5.82 Å². The quantitative estimate of drug-likeness (QED) is 0.793. The van der Waals surface area contributed by atoms with Crippen molar-refractivity contribution in [2.45, 2.75) is 26.8 Å². The third-order valence-electron chi connectivity index (χ3n) is 3.58. The summed E-state index contributed by atoms with van der Waals surface area (Å²) < 4.78 is 2.24. The summed E-state index contributed by atoms with van der Waals surface area (Å²) in [6.45, 7) is 5.09. The first kappa shape index (κ1) is 12.7. The highest BCUT2D eigenvalue weighted by Crippen LogP contribution is 2.19. The number of aromatic nitrogens is 3. The van der Waals surface area contributed by atoms with Crippen LogP contribution in [0.15, 0.2) is 36.5 Å². The van der Waals surface area contributed by atoms with Gasteiger partial charge in [-0.3, -0.25) is 4.98 Å². The Morgan fingerprint density at radius 3 is 2.80 bits per heavy atom. The van der Waals surface area contributed by atoms with Crippen LogP contribution in [0.25, 0.3) is 11.0 Å². The molecule has 2 N–H and O–H groups in total. The predicted octanol–water partition coefficient (Wildman–Crippen LogP) is 2.93. The van der Waals surface area contributed by atoms with E-state index in [-0.39, 0.29) is 0 Å². The maximum atomic E-state index is 5.75. The number of para-hydroxylation sites is 2. The highest BCUT2D eigenvalue weighted by Gasteiger charge is 2.11. The number of hydrogen-bond donors (Lipinski definition) is 1. The maximum Gasteiger partial charge on any atom is 0.115 e. The van der Waals surface area contributed by atoms with Gasteiger partial charge in [-0.05, 0) is 37.6 Å². The number of hydrogen-bond acceptors (Lipinski definition) is 3. The first-order valence-corrected chi connectivity index (χ1v) is 6.84. The SMILES string of the molecule is CCn1c(Cc2ncc(N)cc2C)nc2ccccc21. The number of anilines is 1. The lowest BCUT2D eigenvalue weighted by Gasteiger charge is -2.08. The average Bonchev–Trinajstić information content (AvgIpc) is 2.79. The largest absolute Gasteiger partial charge is 0.397 e. The fourth-order valence-corrected chi connectivity index (χ4v) is 2.57. The van der Waals surface area contributed by atoms with Crippen LogP contribution in [0.4, 0.5) is 5.69 Å². The van der Waals surface area contributed by atoms with E-state index in [1.54, 1.807) is 6.20 Å². The van der Waals surface area contributed by atoms with Gasteiger partial charge >= 0.3 is 0 Å². The molecule has 0 saturated heterocycles. The summed E-state index contributed by atoms with van der Waals surface area (Å²) in [7, 11) is 0. The van der Waals surface area contributed by atoms with E-state index >= 15 is 0 Å². The van der Waals surface area contributed by atoms with Gasteiger partial charge in [-0.1, -0.05) is 12.1 Å². The Hall–Kier alpha value is -2.36. The van der Waals surface area contributed by atoms with Gasteiger partial charge < -0.3 is 10.3 Å². The molecule has 2 aromatic heterocycles. The molecule has 0 bridgehead atoms. The zero-order chi connectivity index (χ0) is 14.1. The van der Waals surface area contributed by atoms with Crippen molar-refractivity contribution >= 4 is 16.7 Å². The minimum Gasteiger partial charge on any atom is -0.397 e. The lowest BCUT2D eigenvalue weighted by molar-refractivity contribution is 0.728. The molecule has 0 aliphatic rings. The molecule has 0 saturated carbocycles. The number of nitrogens with zero attached hydrogens (tertiary/aromatic N) is 3. The normalized spacial score (nSPS) is 11.1. The summed E-state index contributed by atoms with van der Waals surface area (Å²) in [5.41, 5.74) is 10.8. The molecule has 0 aliphatic heterocycles. The zero-order valence-electron chi connectivity index (χ0n) is 11.8. The predicted molar refractivity (Wildman–Crippen MR) is 81.6 cm³/mol. The molecule has 2 heterocycles. The van der Waals surface area contributed by atoms with E-state index in [9.17, 15) is 0 Å². The van der Waals surface area contributed by atoms with E-state index in [1.807, 2.05) is 31.2 Å². The van der Waals surface area contributed by atoms with E-state index < -0.39 is 0 Å². The van der Waals surface area contributed by atoms with Crippen molar-refractivity contribution in [3.63, 3.8) is 0 Å². The molecule has 20 heavy (non-hydrogen) atoms. The van der Waals surface area contributed by atoms with Crippen molar-refractivity contribution in [3.8, 4) is 0 Å². The highest BCUT2D eigenvalue weighted by atomic mass is 15.1. The van der Waals surface area contributed by atoms with E-state index in [4.69, 9.17) is 10.7 Å². The van der Waals surface area contributed by atoms with Crippen LogP contribution in [0.2, 0.25) is 0 Å². The number of nitrogen functional groups attached to an aromatic ring is 1. The lowest BCUT2D eigenvalue weighted by Crippen LogP contribution is -2.05. The average molecular weight is 266 g/mol. The van der Waals surface area contributed by atoms with Crippen LogP contribution in [-0.4, -0.2) is 14.5 Å². The monoisotopic (exact) mass is 266 g/mol. The molecule has 0 fully saturated rings. The van der Waals surface area contributed by atoms with Crippen molar-refractivity contribution in [2.75, 3.05) is 5.73 Å². The van der Waals surface area contributed by atoms with E-state index in [1.165, 1.54) is 5.52 Å². The van der Waals surface area contributed by atoms with Gasteiger partial charge in [0, 0.05) is 13.0 Å². The summed E-state index contributed by atoms with van der Waals surface area (Å²) in [6.07, 6.45) is 2.44. The minimum atomic E-state index is 0.704. The summed E-state index contributed by atoms with van der Waals surface area (Å²) in [6, 6.07) is 10.2. The molecular formula is C16H18N4. The van der Waals surface area contributed by atoms with Gasteiger partial charge in [-0.25, -0.2) is 4.98 Å². The molecular weight excluding hydrogens is 248 g/mol. The molecule has 3 aromatic rings. The van der Waals surface area contributed by atoms with Crippen LogP contribution in [0.1, 0.15) is 24.0 Å². The van der Waals surface area contributed by atoms with Crippen molar-refractivity contribution < 1.29 is 0 Å². The van der Waals surface area contributed by atoms with Crippen LogP contribution in [0, 0.1) is 6.92 Å². The lowest BCUT2D eigenvalue weighted by atomic mass is 10.1. The third kappa shape index (κ3) is 2.13. The Labute approximate surface area is 118 Å². The van der Waals surface area contributed by atoms with Gasteiger partial charge in [-0.2, -0.15) is 0 Å². The second-order valence-corrected chi connectivity index (χ2v) is 4.97. The number of benzene rings is 1. The van der Waals surface area contributed by atoms with Crippen LogP contribution in [-0.2, 0) is 13.0 Å². The molecule has 0 aliphatic carbocycles. The molecule has 0 radical (unpaired) electrons. The van der Waals surface area contributed by atoms with Crippen molar-refractivity contribution in [1.29, 1.82) is 0 Å². The van der Waals surface area contributed by atoms with Crippen LogP contribution < -0.4 is 5.73 Å². The smallest absolute Gasteiger partial charge is 0.115 e. The highest BCUT2D eigenvalue weighted by molar-refractivity contribution is 5.76. The van der Waals surface area contributed by atoms with Crippen LogP contribution in [0.5, 0.6) is 0 Å². The number of aryl methyl sites for hydroxylation is 2. The second-order valence-electron chi connectivity index (χ2n) is 4.97. The number of imidazole rings is 1. The van der Waals surface area contributed by atoms with E-state index in [0.29, 0.717) is 5.69 Å². The number of rotatable bonds is 3. The van der Waals surface area contributed by atoms with Crippen LogP contribution >= 0.6 is 0 Å². The second kappa shape index (κ2) is 4.96. The minimum absolute atomic E-state index is 0.704. The molecule has 0 atom stereocenters. The molecule has 0 unspecified atom stereocenters. The maximum absolute atomic E-state index is 5.75. The molecule has 102 valence electrons. The molecule has 1 aromatic carbocycles. The molecule has 4 heteroatoms. The van der Waals surface area contributed by atoms with E-state index in [0.717, 1.165) is 35.6 Å². The standard InChI is InChI=1S/C16H18N4/c1-3-20-15-7-5-4-6-13(15)19-16(20)9-14-11(2)8-12(17)10-18-14/h4-8,10H,3,9,17H2,1-2H3. The summed E-state index contributed by atoms with van der Waals surface area (Å²) in [5.74, 6) is 1.05. The first-order chi connectivity index (χ1) is 9.69. The van der Waals surface area contributed by atoms with Crippen molar-refractivity contribution in [3.05, 3.63) is 53.6 Å². The van der Waals surface area contributed by atoms with Crippen LogP contribution in [0.3, 0.4) is 0 Å². The third-order valence-corrected chi connectivity index (χ3v) is 3.58. The number of pyridine rings is 1. The summed E-state index contributed by atoms with van der Waals surface area (Å²) >= 11 is 0. The fraction of sp³-hybridized carbons (Fsp3) is 0.250. The Morgan fingerprint density at radius 1 is 1.25 bits per heavy atom. The van der Waals surface area contributed by atoms with E-state index in [2.05, 4.69) is 22.5 Å². The van der Waals surface area contributed by atoms with Gasteiger partial charge in [0.05, 0.1) is 28.6 Å².